The topological polar surface area (TPSA) is 73.2 Å². The van der Waals surface area contributed by atoms with Crippen LogP contribution in [-0.2, 0) is 5.60 Å². The number of hydrogen-bond acceptors (Lipinski definition) is 4. The Bertz CT molecular complexity index is 976. The molecule has 1 fully saturated rings. The molecule has 1 heterocycles. The van der Waals surface area contributed by atoms with E-state index in [1.165, 1.54) is 59.2 Å². The molecule has 2 aromatic rings. The van der Waals surface area contributed by atoms with Crippen molar-refractivity contribution in [1.29, 1.82) is 0 Å². The summed E-state index contributed by atoms with van der Waals surface area (Å²) in [5, 5.41) is 20.9. The van der Waals surface area contributed by atoms with Crippen LogP contribution in [0.1, 0.15) is 12.5 Å². The number of hydrogen-bond donors (Lipinski definition) is 2. The average Bonchev–Trinajstić information content (AvgIpc) is 3.18. The Morgan fingerprint density at radius 3 is 2.30 bits per heavy atom. The van der Waals surface area contributed by atoms with Gasteiger partial charge in [-0.1, -0.05) is 18.2 Å². The van der Waals surface area contributed by atoms with E-state index in [1.54, 1.807) is 0 Å². The van der Waals surface area contributed by atoms with Gasteiger partial charge < -0.3 is 19.8 Å². The summed E-state index contributed by atoms with van der Waals surface area (Å²) in [5.41, 5.74) is -1.82. The number of rotatable bonds is 9. The standard InChI is InChI=1S/C22H23F5N2O4/c1-14(21(32,12-30)17-4-2-3-5-18(17)23)28-10-11-29(20(28)31)15-6-8-16(9-7-15)33-13-22(26,27)19(24)25/h2-9,14,19,30,32H,10-13H2,1H3/t14-,21+/m1/s1. The summed E-state index contributed by atoms with van der Waals surface area (Å²) in [4.78, 5) is 15.6. The second kappa shape index (κ2) is 9.52. The van der Waals surface area contributed by atoms with E-state index < -0.39 is 49.1 Å². The molecule has 1 saturated heterocycles. The zero-order chi connectivity index (χ0) is 24.4. The molecule has 0 radical (unpaired) electrons. The minimum absolute atomic E-state index is 0.0786. The number of carbonyl (C=O) groups excluding carboxylic acids is 1. The number of aliphatic hydroxyl groups excluding tert-OH is 1. The fourth-order valence-corrected chi connectivity index (χ4v) is 3.63. The van der Waals surface area contributed by atoms with Crippen molar-refractivity contribution in [2.45, 2.75) is 30.9 Å². The number of halogens is 5. The summed E-state index contributed by atoms with van der Waals surface area (Å²) in [6, 6.07) is 9.22. The predicted octanol–water partition coefficient (Wildman–Crippen LogP) is 3.62. The number of ether oxygens (including phenoxy) is 1. The lowest BCUT2D eigenvalue weighted by molar-refractivity contribution is -0.148. The van der Waals surface area contributed by atoms with Gasteiger partial charge in [-0.05, 0) is 37.3 Å². The number of nitrogens with zero attached hydrogens (tertiary/aromatic N) is 2. The van der Waals surface area contributed by atoms with Gasteiger partial charge in [0.2, 0.25) is 0 Å². The van der Waals surface area contributed by atoms with E-state index >= 15 is 0 Å². The Kier molecular flexibility index (Phi) is 7.13. The van der Waals surface area contributed by atoms with E-state index in [0.717, 1.165) is 6.07 Å². The monoisotopic (exact) mass is 474 g/mol. The Labute approximate surface area is 186 Å². The molecule has 2 atom stereocenters. The molecule has 3 rings (SSSR count). The quantitative estimate of drug-likeness (QED) is 0.545. The summed E-state index contributed by atoms with van der Waals surface area (Å²) in [6.07, 6.45) is -3.85. The van der Waals surface area contributed by atoms with Gasteiger partial charge in [0.05, 0.1) is 12.6 Å². The zero-order valence-electron chi connectivity index (χ0n) is 17.6. The fraction of sp³-hybridized carbons (Fsp3) is 0.409. The van der Waals surface area contributed by atoms with E-state index in [2.05, 4.69) is 0 Å². The highest BCUT2D eigenvalue weighted by atomic mass is 19.3. The molecule has 0 bridgehead atoms. The molecule has 33 heavy (non-hydrogen) atoms. The maximum Gasteiger partial charge on any atom is 0.340 e. The second-order valence-corrected chi connectivity index (χ2v) is 7.71. The van der Waals surface area contributed by atoms with E-state index in [0.29, 0.717) is 5.69 Å². The van der Waals surface area contributed by atoms with Gasteiger partial charge in [0.25, 0.3) is 0 Å². The highest BCUT2D eigenvalue weighted by Crippen LogP contribution is 2.33. The second-order valence-electron chi connectivity index (χ2n) is 7.71. The van der Waals surface area contributed by atoms with Crippen molar-refractivity contribution >= 4 is 11.7 Å². The number of alkyl halides is 4. The molecular weight excluding hydrogens is 451 g/mol. The molecule has 1 aliphatic heterocycles. The average molecular weight is 474 g/mol. The number of anilines is 1. The molecule has 2 amide bonds. The Morgan fingerprint density at radius 2 is 1.73 bits per heavy atom. The van der Waals surface area contributed by atoms with Crippen molar-refractivity contribution in [3.8, 4) is 5.75 Å². The molecule has 0 unspecified atom stereocenters. The van der Waals surface area contributed by atoms with Gasteiger partial charge in [0.1, 0.15) is 17.2 Å². The summed E-state index contributed by atoms with van der Waals surface area (Å²) in [6.45, 7) is -0.465. The third-order valence-electron chi connectivity index (χ3n) is 5.68. The molecule has 0 aromatic heterocycles. The summed E-state index contributed by atoms with van der Waals surface area (Å²) < 4.78 is 69.5. The maximum atomic E-state index is 14.3. The summed E-state index contributed by atoms with van der Waals surface area (Å²) in [5.74, 6) is -5.09. The number of aliphatic hydroxyl groups is 2. The lowest BCUT2D eigenvalue weighted by Crippen LogP contribution is -2.53. The Morgan fingerprint density at radius 1 is 1.09 bits per heavy atom. The highest BCUT2D eigenvalue weighted by molar-refractivity contribution is 5.94. The lowest BCUT2D eigenvalue weighted by atomic mass is 9.86. The molecule has 180 valence electrons. The van der Waals surface area contributed by atoms with Crippen molar-refractivity contribution in [3.63, 3.8) is 0 Å². The molecule has 0 spiro atoms. The van der Waals surface area contributed by atoms with Crippen LogP contribution >= 0.6 is 0 Å². The lowest BCUT2D eigenvalue weighted by Gasteiger charge is -2.38. The van der Waals surface area contributed by atoms with Gasteiger partial charge >= 0.3 is 18.4 Å². The van der Waals surface area contributed by atoms with Crippen molar-refractivity contribution < 1.29 is 41.7 Å². The zero-order valence-corrected chi connectivity index (χ0v) is 17.6. The number of carbonyl (C=O) groups is 1. The first-order valence-electron chi connectivity index (χ1n) is 10.1. The van der Waals surface area contributed by atoms with Crippen LogP contribution in [0.3, 0.4) is 0 Å². The minimum Gasteiger partial charge on any atom is -0.487 e. The fourth-order valence-electron chi connectivity index (χ4n) is 3.63. The highest BCUT2D eigenvalue weighted by Gasteiger charge is 2.45. The third kappa shape index (κ3) is 4.88. The van der Waals surface area contributed by atoms with Crippen LogP contribution < -0.4 is 9.64 Å². The summed E-state index contributed by atoms with van der Waals surface area (Å²) in [7, 11) is 0. The normalized spacial score (nSPS) is 17.4. The molecule has 2 N–H and O–H groups in total. The van der Waals surface area contributed by atoms with Crippen LogP contribution in [0.5, 0.6) is 5.75 Å². The first-order valence-corrected chi connectivity index (χ1v) is 10.1. The smallest absolute Gasteiger partial charge is 0.340 e. The Balaban J connectivity index is 1.72. The van der Waals surface area contributed by atoms with Crippen LogP contribution in [0.15, 0.2) is 48.5 Å². The van der Waals surface area contributed by atoms with Gasteiger partial charge in [-0.2, -0.15) is 8.78 Å². The molecule has 0 saturated carbocycles. The van der Waals surface area contributed by atoms with Crippen molar-refractivity contribution in [3.05, 3.63) is 59.9 Å². The van der Waals surface area contributed by atoms with E-state index in [-0.39, 0.29) is 24.4 Å². The minimum atomic E-state index is -4.29. The van der Waals surface area contributed by atoms with Crippen molar-refractivity contribution in [2.24, 2.45) is 0 Å². The third-order valence-corrected chi connectivity index (χ3v) is 5.68. The molecule has 2 aromatic carbocycles. The molecule has 11 heteroatoms. The number of benzene rings is 2. The molecule has 6 nitrogen and oxygen atoms in total. The van der Waals surface area contributed by atoms with Crippen molar-refractivity contribution in [2.75, 3.05) is 31.2 Å². The van der Waals surface area contributed by atoms with Crippen LogP contribution in [0, 0.1) is 5.82 Å². The SMILES string of the molecule is C[C@@H](N1CCN(c2ccc(OCC(F)(F)C(F)F)cc2)C1=O)[C@@](O)(CO)c1ccccc1F. The Hall–Kier alpha value is -2.92. The largest absolute Gasteiger partial charge is 0.487 e. The van der Waals surface area contributed by atoms with Crippen LogP contribution in [0.2, 0.25) is 0 Å². The number of urea groups is 1. The maximum absolute atomic E-state index is 14.3. The van der Waals surface area contributed by atoms with Gasteiger partial charge in [-0.25, -0.2) is 18.0 Å². The van der Waals surface area contributed by atoms with Gasteiger partial charge in [-0.3, -0.25) is 4.90 Å². The first-order chi connectivity index (χ1) is 15.5. The van der Waals surface area contributed by atoms with Gasteiger partial charge in [-0.15, -0.1) is 0 Å². The number of amides is 2. The van der Waals surface area contributed by atoms with Crippen LogP contribution in [0.25, 0.3) is 0 Å². The van der Waals surface area contributed by atoms with E-state index in [4.69, 9.17) is 4.74 Å². The van der Waals surface area contributed by atoms with E-state index in [9.17, 15) is 37.0 Å². The van der Waals surface area contributed by atoms with Crippen LogP contribution in [0.4, 0.5) is 32.4 Å². The van der Waals surface area contributed by atoms with Crippen molar-refractivity contribution in [1.82, 2.24) is 4.90 Å². The molecular formula is C22H23F5N2O4. The predicted molar refractivity (Wildman–Crippen MR) is 109 cm³/mol. The molecule has 0 aliphatic carbocycles. The van der Waals surface area contributed by atoms with E-state index in [1.807, 2.05) is 0 Å². The summed E-state index contributed by atoms with van der Waals surface area (Å²) >= 11 is 0. The van der Waals surface area contributed by atoms with Gasteiger partial charge in [0.15, 0.2) is 6.61 Å². The first kappa shape index (κ1) is 24.7. The van der Waals surface area contributed by atoms with Gasteiger partial charge in [0, 0.05) is 24.3 Å². The van der Waals surface area contributed by atoms with Crippen LogP contribution in [-0.4, -0.2) is 65.8 Å². The molecule has 1 aliphatic rings.